The van der Waals surface area contributed by atoms with E-state index in [2.05, 4.69) is 0 Å². The zero-order chi connectivity index (χ0) is 14.8. The second kappa shape index (κ2) is 5.69. The van der Waals surface area contributed by atoms with Crippen LogP contribution in [0.5, 0.6) is 0 Å². The molecule has 0 aliphatic carbocycles. The lowest BCUT2D eigenvalue weighted by molar-refractivity contribution is 0.0502. The summed E-state index contributed by atoms with van der Waals surface area (Å²) in [5.41, 5.74) is 5.55. The van der Waals surface area contributed by atoms with Crippen molar-refractivity contribution in [3.05, 3.63) is 71.3 Å². The number of benzene rings is 2. The quantitative estimate of drug-likeness (QED) is 0.902. The molecule has 0 unspecified atom stereocenters. The summed E-state index contributed by atoms with van der Waals surface area (Å²) >= 11 is 0. The summed E-state index contributed by atoms with van der Waals surface area (Å²) in [5.74, 6) is -0.777. The molecule has 0 spiro atoms. The van der Waals surface area contributed by atoms with Gasteiger partial charge in [-0.1, -0.05) is 31.2 Å². The zero-order valence-corrected chi connectivity index (χ0v) is 11.2. The van der Waals surface area contributed by atoms with E-state index in [0.717, 1.165) is 0 Å². The predicted octanol–water partition coefficient (Wildman–Crippen LogP) is 2.94. The molecular weight excluding hydrogens is 260 g/mol. The molecule has 3 N–H and O–H groups in total. The fourth-order valence-electron chi connectivity index (χ4n) is 2.30. The van der Waals surface area contributed by atoms with Crippen LogP contribution in [0.25, 0.3) is 0 Å². The summed E-state index contributed by atoms with van der Waals surface area (Å²) in [6.07, 6.45) is 0.519. The van der Waals surface area contributed by atoms with Crippen LogP contribution in [0, 0.1) is 11.6 Å². The fraction of sp³-hybridized carbons (Fsp3) is 0.250. The van der Waals surface area contributed by atoms with Crippen molar-refractivity contribution in [1.29, 1.82) is 0 Å². The third-order valence-corrected chi connectivity index (χ3v) is 3.55. The summed E-state index contributed by atoms with van der Waals surface area (Å²) < 4.78 is 26.1. The number of nitrogens with two attached hydrogens (primary N) is 1. The first-order chi connectivity index (χ1) is 9.48. The fourth-order valence-corrected chi connectivity index (χ4v) is 2.30. The topological polar surface area (TPSA) is 46.2 Å². The maximum absolute atomic E-state index is 13.1. The lowest BCUT2D eigenvalue weighted by Gasteiger charge is -2.34. The van der Waals surface area contributed by atoms with Gasteiger partial charge in [-0.05, 0) is 41.8 Å². The van der Waals surface area contributed by atoms with E-state index in [4.69, 9.17) is 5.73 Å². The number of hydrogen-bond donors (Lipinski definition) is 2. The Morgan fingerprint density at radius 2 is 1.30 bits per heavy atom. The Morgan fingerprint density at radius 3 is 1.60 bits per heavy atom. The Bertz CT molecular complexity index is 521. The molecule has 20 heavy (non-hydrogen) atoms. The molecule has 0 heterocycles. The average molecular weight is 277 g/mol. The van der Waals surface area contributed by atoms with Gasteiger partial charge in [-0.2, -0.15) is 0 Å². The molecule has 0 bridgehead atoms. The van der Waals surface area contributed by atoms with Gasteiger partial charge in [0.15, 0.2) is 0 Å². The molecule has 2 aromatic rings. The van der Waals surface area contributed by atoms with E-state index in [-0.39, 0.29) is 11.6 Å². The first kappa shape index (κ1) is 14.6. The van der Waals surface area contributed by atoms with Gasteiger partial charge in [0.25, 0.3) is 0 Å². The van der Waals surface area contributed by atoms with Crippen LogP contribution in [0.3, 0.4) is 0 Å². The number of rotatable bonds is 4. The summed E-state index contributed by atoms with van der Waals surface area (Å²) in [6.45, 7) is 1.85. The van der Waals surface area contributed by atoms with Crippen molar-refractivity contribution >= 4 is 0 Å². The summed E-state index contributed by atoms with van der Waals surface area (Å²) in [5, 5.41) is 11.0. The van der Waals surface area contributed by atoms with Crippen LogP contribution in [0.1, 0.15) is 24.5 Å². The molecule has 4 heteroatoms. The van der Waals surface area contributed by atoms with Crippen LogP contribution in [0.4, 0.5) is 8.78 Å². The summed E-state index contributed by atoms with van der Waals surface area (Å²) in [6, 6.07) is 10.5. The molecule has 1 atom stereocenters. The van der Waals surface area contributed by atoms with Crippen LogP contribution in [0.2, 0.25) is 0 Å². The van der Waals surface area contributed by atoms with E-state index < -0.39 is 11.6 Å². The van der Waals surface area contributed by atoms with Crippen molar-refractivity contribution in [2.75, 3.05) is 0 Å². The van der Waals surface area contributed by atoms with Gasteiger partial charge in [-0.25, -0.2) is 8.78 Å². The van der Waals surface area contributed by atoms with Gasteiger partial charge < -0.3 is 10.8 Å². The van der Waals surface area contributed by atoms with E-state index in [9.17, 15) is 13.9 Å². The molecule has 2 aromatic carbocycles. The van der Waals surface area contributed by atoms with Crippen LogP contribution in [0.15, 0.2) is 48.5 Å². The maximum Gasteiger partial charge on any atom is 0.130 e. The van der Waals surface area contributed by atoms with E-state index in [1.54, 1.807) is 0 Å². The van der Waals surface area contributed by atoms with Crippen molar-refractivity contribution in [1.82, 2.24) is 0 Å². The number of aliphatic hydroxyl groups is 1. The molecule has 106 valence electrons. The van der Waals surface area contributed by atoms with Gasteiger partial charge >= 0.3 is 0 Å². The van der Waals surface area contributed by atoms with Crippen LogP contribution < -0.4 is 5.73 Å². The van der Waals surface area contributed by atoms with Gasteiger partial charge in [-0.15, -0.1) is 0 Å². The van der Waals surface area contributed by atoms with Crippen molar-refractivity contribution < 1.29 is 13.9 Å². The van der Waals surface area contributed by atoms with E-state index >= 15 is 0 Å². The molecule has 0 aromatic heterocycles. The van der Waals surface area contributed by atoms with Gasteiger partial charge in [0, 0.05) is 6.04 Å². The minimum atomic E-state index is -1.48. The minimum Gasteiger partial charge on any atom is -0.379 e. The first-order valence-electron chi connectivity index (χ1n) is 6.48. The highest BCUT2D eigenvalue weighted by Crippen LogP contribution is 2.33. The standard InChI is InChI=1S/C16H17F2NO/c1-2-15(19)16(20,11-3-7-13(17)8-4-11)12-5-9-14(18)10-6-12/h3-10,15,20H,2,19H2,1H3/t15-/m0/s1. The van der Waals surface area contributed by atoms with Crippen LogP contribution >= 0.6 is 0 Å². The van der Waals surface area contributed by atoms with Crippen molar-refractivity contribution in [2.24, 2.45) is 5.73 Å². The summed E-state index contributed by atoms with van der Waals surface area (Å²) in [4.78, 5) is 0. The highest BCUT2D eigenvalue weighted by molar-refractivity contribution is 5.38. The third kappa shape index (κ3) is 2.57. The monoisotopic (exact) mass is 277 g/mol. The molecule has 0 saturated carbocycles. The van der Waals surface area contributed by atoms with E-state index in [1.807, 2.05) is 6.92 Å². The zero-order valence-electron chi connectivity index (χ0n) is 11.2. The normalized spacial score (nSPS) is 13.2. The second-order valence-electron chi connectivity index (χ2n) is 4.79. The minimum absolute atomic E-state index is 0.389. The Morgan fingerprint density at radius 1 is 0.950 bits per heavy atom. The molecule has 0 fully saturated rings. The van der Waals surface area contributed by atoms with E-state index in [1.165, 1.54) is 48.5 Å². The van der Waals surface area contributed by atoms with E-state index in [0.29, 0.717) is 17.5 Å². The van der Waals surface area contributed by atoms with Crippen molar-refractivity contribution in [2.45, 2.75) is 25.0 Å². The lowest BCUT2D eigenvalue weighted by Crippen LogP contribution is -2.46. The van der Waals surface area contributed by atoms with Crippen molar-refractivity contribution in [3.8, 4) is 0 Å². The Labute approximate surface area is 116 Å². The highest BCUT2D eigenvalue weighted by Gasteiger charge is 2.37. The van der Waals surface area contributed by atoms with Gasteiger partial charge in [-0.3, -0.25) is 0 Å². The number of halogens is 2. The predicted molar refractivity (Wildman–Crippen MR) is 74.1 cm³/mol. The molecule has 0 amide bonds. The Balaban J connectivity index is 2.55. The lowest BCUT2D eigenvalue weighted by atomic mass is 9.79. The molecule has 2 rings (SSSR count). The molecule has 0 radical (unpaired) electrons. The van der Waals surface area contributed by atoms with Gasteiger partial charge in [0.05, 0.1) is 0 Å². The Hall–Kier alpha value is -1.78. The molecular formula is C16H17F2NO. The maximum atomic E-state index is 13.1. The third-order valence-electron chi connectivity index (χ3n) is 3.55. The number of hydrogen-bond acceptors (Lipinski definition) is 2. The molecule has 0 aliphatic rings. The molecule has 0 saturated heterocycles. The van der Waals surface area contributed by atoms with Crippen molar-refractivity contribution in [3.63, 3.8) is 0 Å². The average Bonchev–Trinajstić information content (AvgIpc) is 2.47. The van der Waals surface area contributed by atoms with Crippen LogP contribution in [-0.4, -0.2) is 11.1 Å². The second-order valence-corrected chi connectivity index (χ2v) is 4.79. The smallest absolute Gasteiger partial charge is 0.130 e. The van der Waals surface area contributed by atoms with Crippen LogP contribution in [-0.2, 0) is 5.60 Å². The van der Waals surface area contributed by atoms with Gasteiger partial charge in [0.2, 0.25) is 0 Å². The Kier molecular flexibility index (Phi) is 4.16. The molecule has 2 nitrogen and oxygen atoms in total. The highest BCUT2D eigenvalue weighted by atomic mass is 19.1. The van der Waals surface area contributed by atoms with Gasteiger partial charge in [0.1, 0.15) is 17.2 Å². The first-order valence-corrected chi connectivity index (χ1v) is 6.48. The molecule has 0 aliphatic heterocycles. The summed E-state index contributed by atoms with van der Waals surface area (Å²) in [7, 11) is 0. The SMILES string of the molecule is CC[C@H](N)C(O)(c1ccc(F)cc1)c1ccc(F)cc1. The largest absolute Gasteiger partial charge is 0.379 e.